The number of hydrogen-bond acceptors (Lipinski definition) is 2. The molecule has 2 aromatic rings. The zero-order valence-corrected chi connectivity index (χ0v) is 14.6. The summed E-state index contributed by atoms with van der Waals surface area (Å²) in [6, 6.07) is 13.1. The van der Waals surface area contributed by atoms with Gasteiger partial charge in [0.2, 0.25) is 0 Å². The van der Waals surface area contributed by atoms with Crippen molar-refractivity contribution in [2.24, 2.45) is 0 Å². The van der Waals surface area contributed by atoms with Crippen LogP contribution in [0, 0.1) is 0 Å². The molecule has 3 heteroatoms. The predicted octanol–water partition coefficient (Wildman–Crippen LogP) is 5.81. The van der Waals surface area contributed by atoms with Crippen LogP contribution in [0.4, 0.5) is 0 Å². The van der Waals surface area contributed by atoms with Crippen molar-refractivity contribution in [1.29, 1.82) is 0 Å². The van der Waals surface area contributed by atoms with E-state index in [-0.39, 0.29) is 11.5 Å². The summed E-state index contributed by atoms with van der Waals surface area (Å²) in [4.78, 5) is 1.26. The Hall–Kier alpha value is -0.830. The minimum atomic E-state index is 0.0752. The van der Waals surface area contributed by atoms with Gasteiger partial charge in [-0.15, -0.1) is 11.3 Å². The summed E-state index contributed by atoms with van der Waals surface area (Å²) in [5.74, 6) is 0. The maximum Gasteiger partial charge on any atom is 0.0561 e. The van der Waals surface area contributed by atoms with Gasteiger partial charge in [-0.25, -0.2) is 0 Å². The Bertz CT molecular complexity index is 545. The van der Waals surface area contributed by atoms with Gasteiger partial charge < -0.3 is 5.32 Å². The van der Waals surface area contributed by atoms with Crippen LogP contribution in [0.15, 0.2) is 41.8 Å². The fourth-order valence-electron chi connectivity index (χ4n) is 3.26. The van der Waals surface area contributed by atoms with E-state index in [9.17, 15) is 0 Å². The van der Waals surface area contributed by atoms with E-state index >= 15 is 0 Å². The lowest BCUT2D eigenvalue weighted by Gasteiger charge is -2.40. The van der Waals surface area contributed by atoms with Crippen LogP contribution in [-0.2, 0) is 5.41 Å². The quantitative estimate of drug-likeness (QED) is 0.678. The van der Waals surface area contributed by atoms with Gasteiger partial charge in [0, 0.05) is 10.3 Å². The highest BCUT2D eigenvalue weighted by molar-refractivity contribution is 7.10. The Morgan fingerprint density at radius 3 is 2.24 bits per heavy atom. The highest BCUT2D eigenvalue weighted by atomic mass is 35.5. The van der Waals surface area contributed by atoms with Gasteiger partial charge in [0.15, 0.2) is 0 Å². The zero-order valence-electron chi connectivity index (χ0n) is 13.0. The molecule has 1 atom stereocenters. The molecule has 1 aromatic carbocycles. The van der Waals surface area contributed by atoms with E-state index in [0.29, 0.717) is 0 Å². The third-order valence-corrected chi connectivity index (χ3v) is 5.90. The number of rotatable bonds is 7. The van der Waals surface area contributed by atoms with E-state index in [4.69, 9.17) is 11.6 Å². The summed E-state index contributed by atoms with van der Waals surface area (Å²) in [7, 11) is 0. The second kappa shape index (κ2) is 7.44. The third kappa shape index (κ3) is 3.18. The lowest BCUT2D eigenvalue weighted by atomic mass is 9.69. The highest BCUT2D eigenvalue weighted by Gasteiger charge is 2.39. The molecular weight excluding hydrogens is 298 g/mol. The fourth-order valence-corrected chi connectivity index (χ4v) is 4.61. The molecule has 2 rings (SSSR count). The maximum absolute atomic E-state index is 6.45. The summed E-state index contributed by atoms with van der Waals surface area (Å²) in [5, 5.41) is 6.66. The van der Waals surface area contributed by atoms with Crippen LogP contribution in [0.2, 0.25) is 5.02 Å². The Kier molecular flexibility index (Phi) is 5.86. The molecule has 0 saturated carbocycles. The van der Waals surface area contributed by atoms with E-state index in [2.05, 4.69) is 61.8 Å². The monoisotopic (exact) mass is 321 g/mol. The third-order valence-electron chi connectivity index (χ3n) is 4.48. The van der Waals surface area contributed by atoms with Gasteiger partial charge in [-0.1, -0.05) is 62.7 Å². The first kappa shape index (κ1) is 16.5. The van der Waals surface area contributed by atoms with E-state index in [1.54, 1.807) is 11.3 Å². The standard InChI is InChI=1S/C18H24ClNS/c1-4-18(5-2,14-10-8-7-9-11-14)17(20-6-3)16-15(19)12-13-21-16/h7-13,17,20H,4-6H2,1-3H3. The van der Waals surface area contributed by atoms with Gasteiger partial charge >= 0.3 is 0 Å². The number of hydrogen-bond donors (Lipinski definition) is 1. The van der Waals surface area contributed by atoms with Crippen LogP contribution in [0.25, 0.3) is 0 Å². The minimum Gasteiger partial charge on any atom is -0.309 e. The molecule has 114 valence electrons. The average molecular weight is 322 g/mol. The molecule has 0 radical (unpaired) electrons. The number of likely N-dealkylation sites (N-methyl/N-ethyl adjacent to an activating group) is 1. The van der Waals surface area contributed by atoms with Gasteiger partial charge in [0.1, 0.15) is 0 Å². The molecule has 1 N–H and O–H groups in total. The van der Waals surface area contributed by atoms with Crippen molar-refractivity contribution in [3.63, 3.8) is 0 Å². The van der Waals surface area contributed by atoms with E-state index < -0.39 is 0 Å². The number of nitrogens with one attached hydrogen (secondary N) is 1. The Labute approximate surface area is 137 Å². The Balaban J connectivity index is 2.54. The fraction of sp³-hybridized carbons (Fsp3) is 0.444. The van der Waals surface area contributed by atoms with Crippen molar-refractivity contribution in [2.75, 3.05) is 6.54 Å². The van der Waals surface area contributed by atoms with Crippen LogP contribution < -0.4 is 5.32 Å². The summed E-state index contributed by atoms with van der Waals surface area (Å²) in [6.07, 6.45) is 2.17. The van der Waals surface area contributed by atoms with Crippen molar-refractivity contribution in [3.05, 3.63) is 57.2 Å². The number of thiophene rings is 1. The minimum absolute atomic E-state index is 0.0752. The normalized spacial score (nSPS) is 13.3. The lowest BCUT2D eigenvalue weighted by Crippen LogP contribution is -2.41. The molecule has 1 nitrogen and oxygen atoms in total. The molecular formula is C18H24ClNS. The van der Waals surface area contributed by atoms with Crippen molar-refractivity contribution >= 4 is 22.9 Å². The Morgan fingerprint density at radius 2 is 1.76 bits per heavy atom. The van der Waals surface area contributed by atoms with Crippen molar-refractivity contribution in [1.82, 2.24) is 5.32 Å². The largest absolute Gasteiger partial charge is 0.309 e. The number of halogens is 1. The van der Waals surface area contributed by atoms with Crippen LogP contribution in [0.3, 0.4) is 0 Å². The second-order valence-corrected chi connectivity index (χ2v) is 6.71. The van der Waals surface area contributed by atoms with Gasteiger partial charge in [0.25, 0.3) is 0 Å². The van der Waals surface area contributed by atoms with Gasteiger partial charge in [-0.2, -0.15) is 0 Å². The van der Waals surface area contributed by atoms with E-state index in [0.717, 1.165) is 24.4 Å². The van der Waals surface area contributed by atoms with Gasteiger partial charge in [0.05, 0.1) is 11.1 Å². The average Bonchev–Trinajstić information content (AvgIpc) is 2.95. The molecule has 0 aliphatic heterocycles. The maximum atomic E-state index is 6.45. The van der Waals surface area contributed by atoms with E-state index in [1.165, 1.54) is 10.4 Å². The van der Waals surface area contributed by atoms with Crippen LogP contribution >= 0.6 is 22.9 Å². The van der Waals surface area contributed by atoms with Crippen molar-refractivity contribution in [3.8, 4) is 0 Å². The molecule has 21 heavy (non-hydrogen) atoms. The molecule has 0 spiro atoms. The van der Waals surface area contributed by atoms with Crippen LogP contribution in [0.5, 0.6) is 0 Å². The van der Waals surface area contributed by atoms with Gasteiger partial charge in [-0.05, 0) is 36.4 Å². The molecule has 0 aliphatic rings. The summed E-state index contributed by atoms with van der Waals surface area (Å²) < 4.78 is 0. The van der Waals surface area contributed by atoms with Crippen molar-refractivity contribution < 1.29 is 0 Å². The zero-order chi connectivity index (χ0) is 15.3. The van der Waals surface area contributed by atoms with E-state index in [1.807, 2.05) is 6.07 Å². The summed E-state index contributed by atoms with van der Waals surface area (Å²) in [6.45, 7) is 7.66. The SMILES string of the molecule is CCNC(c1sccc1Cl)C(CC)(CC)c1ccccc1. The number of benzene rings is 1. The summed E-state index contributed by atoms with van der Waals surface area (Å²) >= 11 is 8.20. The van der Waals surface area contributed by atoms with Crippen molar-refractivity contribution in [2.45, 2.75) is 45.1 Å². The molecule has 1 aromatic heterocycles. The first-order chi connectivity index (χ1) is 10.2. The summed E-state index contributed by atoms with van der Waals surface area (Å²) in [5.41, 5.74) is 1.47. The molecule has 1 unspecified atom stereocenters. The first-order valence-corrected chi connectivity index (χ1v) is 8.97. The molecule has 0 aliphatic carbocycles. The predicted molar refractivity (Wildman–Crippen MR) is 94.4 cm³/mol. The molecule has 0 bridgehead atoms. The lowest BCUT2D eigenvalue weighted by molar-refractivity contribution is 0.281. The molecule has 0 fully saturated rings. The van der Waals surface area contributed by atoms with Gasteiger partial charge in [-0.3, -0.25) is 0 Å². The molecule has 0 saturated heterocycles. The second-order valence-electron chi connectivity index (χ2n) is 5.35. The topological polar surface area (TPSA) is 12.0 Å². The van der Waals surface area contributed by atoms with Crippen LogP contribution in [-0.4, -0.2) is 6.54 Å². The first-order valence-electron chi connectivity index (χ1n) is 7.71. The van der Waals surface area contributed by atoms with Crippen LogP contribution in [0.1, 0.15) is 50.1 Å². The Morgan fingerprint density at radius 1 is 1.10 bits per heavy atom. The molecule has 1 heterocycles. The smallest absolute Gasteiger partial charge is 0.0561 e. The highest BCUT2D eigenvalue weighted by Crippen LogP contribution is 2.46. The molecule has 0 amide bonds.